The Kier molecular flexibility index (Phi) is 4.96. The molecule has 21 heavy (non-hydrogen) atoms. The van der Waals surface area contributed by atoms with Crippen molar-refractivity contribution >= 4 is 10.0 Å². The first kappa shape index (κ1) is 15.9. The van der Waals surface area contributed by atoms with Gasteiger partial charge in [0.05, 0.1) is 11.0 Å². The summed E-state index contributed by atoms with van der Waals surface area (Å²) in [6.45, 7) is 0.194. The van der Waals surface area contributed by atoms with Crippen molar-refractivity contribution < 1.29 is 22.7 Å². The first-order chi connectivity index (χ1) is 9.98. The summed E-state index contributed by atoms with van der Waals surface area (Å²) in [5, 5.41) is 8.72. The lowest BCUT2D eigenvalue weighted by atomic mass is 10.2. The molecule has 0 radical (unpaired) electrons. The third-order valence-corrected chi connectivity index (χ3v) is 5.23. The quantitative estimate of drug-likeness (QED) is 0.829. The van der Waals surface area contributed by atoms with Gasteiger partial charge in [-0.2, -0.15) is 4.31 Å². The molecular weight excluding hydrogens is 297 g/mol. The largest absolute Gasteiger partial charge is 0.384 e. The van der Waals surface area contributed by atoms with Gasteiger partial charge in [0.25, 0.3) is 0 Å². The Morgan fingerprint density at radius 2 is 2.29 bits per heavy atom. The maximum atomic E-state index is 13.3. The number of nitrogens with zero attached hydrogens (tertiary/aromatic N) is 1. The molecule has 1 unspecified atom stereocenters. The van der Waals surface area contributed by atoms with E-state index in [1.807, 2.05) is 0 Å². The van der Waals surface area contributed by atoms with Crippen molar-refractivity contribution in [3.8, 4) is 11.8 Å². The Hall–Kier alpha value is -1.46. The van der Waals surface area contributed by atoms with E-state index in [2.05, 4.69) is 11.8 Å². The molecule has 1 aliphatic heterocycles. The fourth-order valence-corrected chi connectivity index (χ4v) is 3.82. The van der Waals surface area contributed by atoms with E-state index in [0.717, 1.165) is 12.1 Å². The molecule has 1 fully saturated rings. The Labute approximate surface area is 123 Å². The summed E-state index contributed by atoms with van der Waals surface area (Å²) < 4.78 is 45.0. The maximum absolute atomic E-state index is 13.3. The van der Waals surface area contributed by atoms with Crippen LogP contribution < -0.4 is 0 Å². The van der Waals surface area contributed by atoms with Crippen molar-refractivity contribution in [2.75, 3.05) is 26.8 Å². The summed E-state index contributed by atoms with van der Waals surface area (Å²) in [5.74, 6) is 4.25. The van der Waals surface area contributed by atoms with E-state index in [9.17, 15) is 12.8 Å². The average Bonchev–Trinajstić information content (AvgIpc) is 2.94. The number of rotatable bonds is 3. The van der Waals surface area contributed by atoms with Gasteiger partial charge in [0, 0.05) is 25.8 Å². The van der Waals surface area contributed by atoms with Gasteiger partial charge >= 0.3 is 0 Å². The molecule has 7 heteroatoms. The second kappa shape index (κ2) is 6.54. The van der Waals surface area contributed by atoms with E-state index in [0.29, 0.717) is 13.0 Å². The maximum Gasteiger partial charge on any atom is 0.244 e. The molecule has 0 spiro atoms. The minimum absolute atomic E-state index is 0.0462. The molecule has 0 saturated carbocycles. The predicted octanol–water partition coefficient (Wildman–Crippen LogP) is 0.579. The Morgan fingerprint density at radius 1 is 1.52 bits per heavy atom. The minimum atomic E-state index is -3.76. The molecule has 1 aromatic carbocycles. The van der Waals surface area contributed by atoms with E-state index in [1.54, 1.807) is 0 Å². The molecule has 1 saturated heterocycles. The van der Waals surface area contributed by atoms with Gasteiger partial charge in [0.1, 0.15) is 12.4 Å². The zero-order chi connectivity index (χ0) is 15.5. The highest BCUT2D eigenvalue weighted by Gasteiger charge is 2.33. The van der Waals surface area contributed by atoms with Crippen molar-refractivity contribution in [2.24, 2.45) is 0 Å². The summed E-state index contributed by atoms with van der Waals surface area (Å²) in [4.78, 5) is -0.0541. The number of hydrogen-bond donors (Lipinski definition) is 1. The third kappa shape index (κ3) is 3.41. The van der Waals surface area contributed by atoms with Crippen molar-refractivity contribution in [1.29, 1.82) is 0 Å². The highest BCUT2D eigenvalue weighted by Crippen LogP contribution is 2.25. The van der Waals surface area contributed by atoms with Gasteiger partial charge in [-0.1, -0.05) is 11.8 Å². The predicted molar refractivity (Wildman–Crippen MR) is 74.5 cm³/mol. The molecule has 1 atom stereocenters. The van der Waals surface area contributed by atoms with Crippen molar-refractivity contribution in [3.05, 3.63) is 29.6 Å². The zero-order valence-electron chi connectivity index (χ0n) is 11.5. The van der Waals surface area contributed by atoms with Crippen LogP contribution in [0.3, 0.4) is 0 Å². The second-order valence-corrected chi connectivity index (χ2v) is 6.52. The van der Waals surface area contributed by atoms with Crippen LogP contribution in [0.4, 0.5) is 4.39 Å². The van der Waals surface area contributed by atoms with Crippen LogP contribution in [0.1, 0.15) is 12.0 Å². The van der Waals surface area contributed by atoms with Gasteiger partial charge in [0.15, 0.2) is 0 Å². The van der Waals surface area contributed by atoms with Gasteiger partial charge in [-0.05, 0) is 24.6 Å². The zero-order valence-corrected chi connectivity index (χ0v) is 12.4. The van der Waals surface area contributed by atoms with Crippen LogP contribution in [-0.2, 0) is 14.8 Å². The SMILES string of the molecule is COC1CCN(S(=O)(=O)c2ccc(F)cc2C#CCO)C1. The Balaban J connectivity index is 2.40. The fourth-order valence-electron chi connectivity index (χ4n) is 2.21. The van der Waals surface area contributed by atoms with Gasteiger partial charge in [-0.25, -0.2) is 12.8 Å². The van der Waals surface area contributed by atoms with Gasteiger partial charge in [0.2, 0.25) is 10.0 Å². The van der Waals surface area contributed by atoms with E-state index >= 15 is 0 Å². The summed E-state index contributed by atoms with van der Waals surface area (Å²) in [5.41, 5.74) is 0.0462. The van der Waals surface area contributed by atoms with E-state index in [1.165, 1.54) is 17.5 Å². The van der Waals surface area contributed by atoms with Crippen molar-refractivity contribution in [2.45, 2.75) is 17.4 Å². The molecule has 0 amide bonds. The van der Waals surface area contributed by atoms with E-state index in [4.69, 9.17) is 9.84 Å². The molecule has 0 aliphatic carbocycles. The third-order valence-electron chi connectivity index (χ3n) is 3.30. The van der Waals surface area contributed by atoms with Crippen LogP contribution in [0, 0.1) is 17.7 Å². The van der Waals surface area contributed by atoms with Crippen molar-refractivity contribution in [1.82, 2.24) is 4.31 Å². The average molecular weight is 313 g/mol. The Bertz CT molecular complexity index is 678. The van der Waals surface area contributed by atoms with Crippen LogP contribution in [0.5, 0.6) is 0 Å². The lowest BCUT2D eigenvalue weighted by Crippen LogP contribution is -2.30. The van der Waals surface area contributed by atoms with Crippen LogP contribution in [0.15, 0.2) is 23.1 Å². The number of sulfonamides is 1. The number of aliphatic hydroxyl groups is 1. The van der Waals surface area contributed by atoms with Crippen LogP contribution in [0.2, 0.25) is 0 Å². The van der Waals surface area contributed by atoms with E-state index < -0.39 is 22.4 Å². The normalized spacial score (nSPS) is 19.3. The molecule has 1 aromatic rings. The number of halogens is 1. The first-order valence-electron chi connectivity index (χ1n) is 6.41. The summed E-state index contributed by atoms with van der Waals surface area (Å²) in [6, 6.07) is 3.34. The smallest absolute Gasteiger partial charge is 0.244 e. The van der Waals surface area contributed by atoms with Crippen molar-refractivity contribution in [3.63, 3.8) is 0 Å². The topological polar surface area (TPSA) is 66.8 Å². The number of methoxy groups -OCH3 is 1. The lowest BCUT2D eigenvalue weighted by molar-refractivity contribution is 0.115. The number of benzene rings is 1. The number of aliphatic hydroxyl groups excluding tert-OH is 1. The first-order valence-corrected chi connectivity index (χ1v) is 7.85. The Morgan fingerprint density at radius 3 is 2.90 bits per heavy atom. The molecule has 1 heterocycles. The summed E-state index contributed by atoms with van der Waals surface area (Å²) in [6.07, 6.45) is 0.487. The minimum Gasteiger partial charge on any atom is -0.384 e. The fraction of sp³-hybridized carbons (Fsp3) is 0.429. The molecule has 0 aromatic heterocycles. The van der Waals surface area contributed by atoms with Gasteiger partial charge < -0.3 is 9.84 Å². The highest BCUT2D eigenvalue weighted by molar-refractivity contribution is 7.89. The molecule has 0 bridgehead atoms. The van der Waals surface area contributed by atoms with Crippen LogP contribution in [-0.4, -0.2) is 50.7 Å². The monoisotopic (exact) mass is 313 g/mol. The lowest BCUT2D eigenvalue weighted by Gasteiger charge is -2.17. The van der Waals surface area contributed by atoms with Crippen LogP contribution in [0.25, 0.3) is 0 Å². The van der Waals surface area contributed by atoms with Gasteiger partial charge in [-0.3, -0.25) is 0 Å². The summed E-state index contributed by atoms with van der Waals surface area (Å²) in [7, 11) is -2.22. The molecule has 5 nitrogen and oxygen atoms in total. The second-order valence-electron chi connectivity index (χ2n) is 4.61. The van der Waals surface area contributed by atoms with E-state index in [-0.39, 0.29) is 23.1 Å². The number of hydrogen-bond acceptors (Lipinski definition) is 4. The molecular formula is C14H16FNO4S. The molecule has 1 N–H and O–H groups in total. The molecule has 1 aliphatic rings. The standard InChI is InChI=1S/C14H16FNO4S/c1-20-13-6-7-16(10-13)21(18,19)14-5-4-12(15)9-11(14)3-2-8-17/h4-5,9,13,17H,6-8,10H2,1H3. The molecule has 114 valence electrons. The molecule has 2 rings (SSSR count). The number of ether oxygens (including phenoxy) is 1. The van der Waals surface area contributed by atoms with Gasteiger partial charge in [-0.15, -0.1) is 0 Å². The van der Waals surface area contributed by atoms with Crippen LogP contribution >= 0.6 is 0 Å². The summed E-state index contributed by atoms with van der Waals surface area (Å²) >= 11 is 0. The highest BCUT2D eigenvalue weighted by atomic mass is 32.2.